The Hall–Kier alpha value is -1.62. The summed E-state index contributed by atoms with van der Waals surface area (Å²) in [5, 5.41) is 0. The molecule has 0 atom stereocenters. The second kappa shape index (κ2) is 6.02. The standard InChI is InChI=1S/C16H19BrN4/c1-12-4-3-5-15(13(12)2)20-6-8-21(9-7-20)16-18-10-14(17)11-19-16/h3-5,10-11H,6-9H2,1-2H3. The van der Waals surface area contributed by atoms with E-state index in [9.17, 15) is 0 Å². The van der Waals surface area contributed by atoms with Gasteiger partial charge in [0.15, 0.2) is 0 Å². The minimum atomic E-state index is 0.818. The molecule has 2 heterocycles. The number of halogens is 1. The van der Waals surface area contributed by atoms with E-state index in [1.54, 1.807) is 12.4 Å². The Balaban J connectivity index is 1.70. The first-order chi connectivity index (χ1) is 10.1. The molecule has 0 amide bonds. The molecular formula is C16H19BrN4. The highest BCUT2D eigenvalue weighted by Crippen LogP contribution is 2.24. The van der Waals surface area contributed by atoms with E-state index in [2.05, 4.69) is 67.7 Å². The Labute approximate surface area is 133 Å². The van der Waals surface area contributed by atoms with E-state index >= 15 is 0 Å². The summed E-state index contributed by atoms with van der Waals surface area (Å²) < 4.78 is 0.917. The number of rotatable bonds is 2. The molecular weight excluding hydrogens is 328 g/mol. The van der Waals surface area contributed by atoms with Crippen LogP contribution >= 0.6 is 15.9 Å². The highest BCUT2D eigenvalue weighted by Gasteiger charge is 2.20. The molecule has 0 saturated carbocycles. The molecule has 0 bridgehead atoms. The molecule has 21 heavy (non-hydrogen) atoms. The third-order valence-electron chi connectivity index (χ3n) is 4.09. The molecule has 1 saturated heterocycles. The van der Waals surface area contributed by atoms with Gasteiger partial charge in [-0.05, 0) is 47.0 Å². The fourth-order valence-corrected chi connectivity index (χ4v) is 2.90. The van der Waals surface area contributed by atoms with Crippen LogP contribution in [-0.4, -0.2) is 36.1 Å². The van der Waals surface area contributed by atoms with Crippen molar-refractivity contribution in [1.82, 2.24) is 9.97 Å². The zero-order valence-corrected chi connectivity index (χ0v) is 14.0. The molecule has 0 N–H and O–H groups in total. The molecule has 0 unspecified atom stereocenters. The molecule has 1 aliphatic heterocycles. The Bertz CT molecular complexity index is 619. The zero-order valence-electron chi connectivity index (χ0n) is 12.4. The topological polar surface area (TPSA) is 32.3 Å². The molecule has 0 spiro atoms. The van der Waals surface area contributed by atoms with Crippen molar-refractivity contribution in [3.8, 4) is 0 Å². The first-order valence-corrected chi connectivity index (χ1v) is 7.98. The van der Waals surface area contributed by atoms with E-state index in [4.69, 9.17) is 0 Å². The van der Waals surface area contributed by atoms with Crippen molar-refractivity contribution >= 4 is 27.6 Å². The number of anilines is 2. The number of hydrogen-bond donors (Lipinski definition) is 0. The van der Waals surface area contributed by atoms with Gasteiger partial charge in [-0.15, -0.1) is 0 Å². The molecule has 4 nitrogen and oxygen atoms in total. The lowest BCUT2D eigenvalue weighted by Gasteiger charge is -2.37. The van der Waals surface area contributed by atoms with Crippen molar-refractivity contribution in [2.45, 2.75) is 13.8 Å². The smallest absolute Gasteiger partial charge is 0.225 e. The van der Waals surface area contributed by atoms with Crippen molar-refractivity contribution in [1.29, 1.82) is 0 Å². The Morgan fingerprint density at radius 3 is 2.24 bits per heavy atom. The summed E-state index contributed by atoms with van der Waals surface area (Å²) in [5.41, 5.74) is 4.09. The van der Waals surface area contributed by atoms with Crippen molar-refractivity contribution < 1.29 is 0 Å². The molecule has 0 aliphatic carbocycles. The van der Waals surface area contributed by atoms with Gasteiger partial charge in [0.1, 0.15) is 0 Å². The summed E-state index contributed by atoms with van der Waals surface area (Å²) >= 11 is 3.37. The van der Waals surface area contributed by atoms with Gasteiger partial charge < -0.3 is 9.80 Å². The number of nitrogens with zero attached hydrogens (tertiary/aromatic N) is 4. The van der Waals surface area contributed by atoms with Crippen LogP contribution in [0, 0.1) is 13.8 Å². The average Bonchev–Trinajstić information content (AvgIpc) is 2.51. The van der Waals surface area contributed by atoms with Crippen LogP contribution in [0.1, 0.15) is 11.1 Å². The molecule has 1 aromatic carbocycles. The zero-order chi connectivity index (χ0) is 14.8. The minimum Gasteiger partial charge on any atom is -0.368 e. The maximum atomic E-state index is 4.38. The maximum Gasteiger partial charge on any atom is 0.225 e. The molecule has 5 heteroatoms. The summed E-state index contributed by atoms with van der Waals surface area (Å²) in [4.78, 5) is 13.5. The summed E-state index contributed by atoms with van der Waals surface area (Å²) in [5.74, 6) is 0.818. The van der Waals surface area contributed by atoms with Gasteiger partial charge in [0.2, 0.25) is 5.95 Å². The molecule has 1 aliphatic rings. The third kappa shape index (κ3) is 3.02. The fourth-order valence-electron chi connectivity index (χ4n) is 2.69. The van der Waals surface area contributed by atoms with E-state index < -0.39 is 0 Å². The van der Waals surface area contributed by atoms with Crippen molar-refractivity contribution in [3.05, 3.63) is 46.2 Å². The first-order valence-electron chi connectivity index (χ1n) is 7.19. The number of aromatic nitrogens is 2. The van der Waals surface area contributed by atoms with E-state index in [1.807, 2.05) is 0 Å². The van der Waals surface area contributed by atoms with E-state index in [0.29, 0.717) is 0 Å². The van der Waals surface area contributed by atoms with Gasteiger partial charge in [-0.2, -0.15) is 0 Å². The summed E-state index contributed by atoms with van der Waals surface area (Å²) in [6, 6.07) is 6.53. The Kier molecular flexibility index (Phi) is 4.10. The second-order valence-electron chi connectivity index (χ2n) is 5.39. The number of hydrogen-bond acceptors (Lipinski definition) is 4. The van der Waals surface area contributed by atoms with Crippen LogP contribution in [0.25, 0.3) is 0 Å². The summed E-state index contributed by atoms with van der Waals surface area (Å²) in [6.45, 7) is 8.29. The van der Waals surface area contributed by atoms with Crippen molar-refractivity contribution in [2.24, 2.45) is 0 Å². The predicted molar refractivity (Wildman–Crippen MR) is 90.1 cm³/mol. The van der Waals surface area contributed by atoms with Crippen LogP contribution in [0.2, 0.25) is 0 Å². The van der Waals surface area contributed by atoms with Crippen LogP contribution in [0.3, 0.4) is 0 Å². The lowest BCUT2D eigenvalue weighted by Crippen LogP contribution is -2.47. The van der Waals surface area contributed by atoms with Gasteiger partial charge in [0, 0.05) is 44.3 Å². The number of aryl methyl sites for hydroxylation is 1. The van der Waals surface area contributed by atoms with Crippen LogP contribution in [0.15, 0.2) is 35.1 Å². The van der Waals surface area contributed by atoms with Crippen molar-refractivity contribution in [2.75, 3.05) is 36.0 Å². The Morgan fingerprint density at radius 2 is 1.57 bits per heavy atom. The van der Waals surface area contributed by atoms with Crippen LogP contribution < -0.4 is 9.80 Å². The van der Waals surface area contributed by atoms with E-state index in [0.717, 1.165) is 36.6 Å². The second-order valence-corrected chi connectivity index (χ2v) is 6.31. The lowest BCUT2D eigenvalue weighted by atomic mass is 10.1. The molecule has 110 valence electrons. The minimum absolute atomic E-state index is 0.818. The molecule has 1 fully saturated rings. The van der Waals surface area contributed by atoms with Gasteiger partial charge in [0.05, 0.1) is 4.47 Å². The predicted octanol–water partition coefficient (Wildman–Crippen LogP) is 3.18. The van der Waals surface area contributed by atoms with Crippen LogP contribution in [0.4, 0.5) is 11.6 Å². The maximum absolute atomic E-state index is 4.38. The Morgan fingerprint density at radius 1 is 0.952 bits per heavy atom. The highest BCUT2D eigenvalue weighted by molar-refractivity contribution is 9.10. The largest absolute Gasteiger partial charge is 0.368 e. The summed E-state index contributed by atoms with van der Waals surface area (Å²) in [7, 11) is 0. The van der Waals surface area contributed by atoms with Crippen LogP contribution in [0.5, 0.6) is 0 Å². The lowest BCUT2D eigenvalue weighted by molar-refractivity contribution is 0.638. The normalized spacial score (nSPS) is 15.4. The summed E-state index contributed by atoms with van der Waals surface area (Å²) in [6.07, 6.45) is 3.61. The molecule has 2 aromatic rings. The molecule has 3 rings (SSSR count). The molecule has 0 radical (unpaired) electrons. The van der Waals surface area contributed by atoms with Gasteiger partial charge in [-0.3, -0.25) is 0 Å². The van der Waals surface area contributed by atoms with Gasteiger partial charge in [0.25, 0.3) is 0 Å². The SMILES string of the molecule is Cc1cccc(N2CCN(c3ncc(Br)cn3)CC2)c1C. The highest BCUT2D eigenvalue weighted by atomic mass is 79.9. The van der Waals surface area contributed by atoms with E-state index in [1.165, 1.54) is 16.8 Å². The third-order valence-corrected chi connectivity index (χ3v) is 4.50. The molecule has 1 aromatic heterocycles. The van der Waals surface area contributed by atoms with Gasteiger partial charge in [-0.25, -0.2) is 9.97 Å². The number of benzene rings is 1. The average molecular weight is 347 g/mol. The monoisotopic (exact) mass is 346 g/mol. The quantitative estimate of drug-likeness (QED) is 0.835. The number of piperazine rings is 1. The van der Waals surface area contributed by atoms with Crippen molar-refractivity contribution in [3.63, 3.8) is 0 Å². The van der Waals surface area contributed by atoms with Gasteiger partial charge in [-0.1, -0.05) is 12.1 Å². The van der Waals surface area contributed by atoms with E-state index in [-0.39, 0.29) is 0 Å². The first kappa shape index (κ1) is 14.3. The van der Waals surface area contributed by atoms with Crippen LogP contribution in [-0.2, 0) is 0 Å². The fraction of sp³-hybridized carbons (Fsp3) is 0.375. The van der Waals surface area contributed by atoms with Gasteiger partial charge >= 0.3 is 0 Å².